The topological polar surface area (TPSA) is 64.4 Å². The van der Waals surface area contributed by atoms with Gasteiger partial charge in [0, 0.05) is 57.1 Å². The van der Waals surface area contributed by atoms with E-state index in [2.05, 4.69) is 56.7 Å². The van der Waals surface area contributed by atoms with Gasteiger partial charge in [-0.05, 0) is 35.2 Å². The predicted molar refractivity (Wildman–Crippen MR) is 126 cm³/mol. The van der Waals surface area contributed by atoms with E-state index >= 15 is 0 Å². The predicted octanol–water partition coefficient (Wildman–Crippen LogP) is 4.22. The molecular formula is C25H27N5O2. The molecule has 1 saturated heterocycles. The van der Waals surface area contributed by atoms with E-state index in [1.165, 1.54) is 5.56 Å². The molecule has 164 valence electrons. The van der Waals surface area contributed by atoms with Crippen molar-refractivity contribution in [2.24, 2.45) is 7.05 Å². The van der Waals surface area contributed by atoms with Crippen LogP contribution in [-0.4, -0.2) is 53.1 Å². The summed E-state index contributed by atoms with van der Waals surface area (Å²) in [5.74, 6) is 1.56. The Balaban J connectivity index is 1.40. The highest BCUT2D eigenvalue weighted by atomic mass is 16.5. The average molecular weight is 430 g/mol. The van der Waals surface area contributed by atoms with Crippen molar-refractivity contribution in [3.63, 3.8) is 0 Å². The van der Waals surface area contributed by atoms with Crippen LogP contribution in [-0.2, 0) is 18.3 Å². The number of aryl methyl sites for hydroxylation is 1. The Morgan fingerprint density at radius 3 is 2.72 bits per heavy atom. The Morgan fingerprint density at radius 1 is 1.09 bits per heavy atom. The molecule has 2 aromatic carbocycles. The van der Waals surface area contributed by atoms with Gasteiger partial charge in [-0.1, -0.05) is 24.3 Å². The lowest BCUT2D eigenvalue weighted by atomic mass is 10.0. The van der Waals surface area contributed by atoms with Gasteiger partial charge in [-0.3, -0.25) is 9.58 Å². The molecule has 1 aliphatic heterocycles. The Hall–Kier alpha value is -3.42. The van der Waals surface area contributed by atoms with Crippen molar-refractivity contribution >= 4 is 22.3 Å². The fourth-order valence-electron chi connectivity index (χ4n) is 4.15. The van der Waals surface area contributed by atoms with Gasteiger partial charge in [0.15, 0.2) is 0 Å². The molecule has 5 rings (SSSR count). The second kappa shape index (κ2) is 8.61. The first-order chi connectivity index (χ1) is 15.6. The summed E-state index contributed by atoms with van der Waals surface area (Å²) >= 11 is 0. The summed E-state index contributed by atoms with van der Waals surface area (Å²) in [5, 5.41) is 10.2. The van der Waals surface area contributed by atoms with Crippen molar-refractivity contribution in [2.75, 3.05) is 32.6 Å². The number of pyridine rings is 1. The summed E-state index contributed by atoms with van der Waals surface area (Å²) in [4.78, 5) is 6.98. The van der Waals surface area contributed by atoms with Crippen molar-refractivity contribution in [1.82, 2.24) is 19.7 Å². The van der Waals surface area contributed by atoms with Gasteiger partial charge < -0.3 is 14.8 Å². The largest absolute Gasteiger partial charge is 0.495 e. The molecular weight excluding hydrogens is 402 g/mol. The molecule has 3 heterocycles. The molecule has 0 saturated carbocycles. The number of fused-ring (bicyclic) bond motifs is 1. The van der Waals surface area contributed by atoms with Crippen molar-refractivity contribution in [3.8, 4) is 17.0 Å². The summed E-state index contributed by atoms with van der Waals surface area (Å²) in [6.07, 6.45) is 4.20. The maximum Gasteiger partial charge on any atom is 0.142 e. The van der Waals surface area contributed by atoms with Crippen LogP contribution in [0, 0.1) is 0 Å². The van der Waals surface area contributed by atoms with Crippen LogP contribution in [0.3, 0.4) is 0 Å². The fourth-order valence-corrected chi connectivity index (χ4v) is 4.15. The normalized spacial score (nSPS) is 14.5. The van der Waals surface area contributed by atoms with E-state index in [1.54, 1.807) is 14.2 Å². The smallest absolute Gasteiger partial charge is 0.142 e. The van der Waals surface area contributed by atoms with Crippen LogP contribution in [0.25, 0.3) is 22.0 Å². The van der Waals surface area contributed by atoms with Gasteiger partial charge in [0.2, 0.25) is 0 Å². The number of anilines is 2. The maximum absolute atomic E-state index is 5.67. The van der Waals surface area contributed by atoms with Gasteiger partial charge in [-0.25, -0.2) is 4.98 Å². The third-order valence-corrected chi connectivity index (χ3v) is 5.95. The van der Waals surface area contributed by atoms with Gasteiger partial charge in [-0.2, -0.15) is 5.10 Å². The maximum atomic E-state index is 5.67. The van der Waals surface area contributed by atoms with Gasteiger partial charge >= 0.3 is 0 Å². The molecule has 1 aliphatic rings. The van der Waals surface area contributed by atoms with E-state index in [0.29, 0.717) is 6.10 Å². The first-order valence-corrected chi connectivity index (χ1v) is 10.7. The number of hydrogen-bond donors (Lipinski definition) is 1. The van der Waals surface area contributed by atoms with E-state index in [1.807, 2.05) is 36.3 Å². The van der Waals surface area contributed by atoms with E-state index in [-0.39, 0.29) is 0 Å². The highest BCUT2D eigenvalue weighted by Gasteiger charge is 2.26. The van der Waals surface area contributed by atoms with Gasteiger partial charge in [-0.15, -0.1) is 0 Å². The third kappa shape index (κ3) is 4.04. The minimum atomic E-state index is 0.354. The Kier molecular flexibility index (Phi) is 5.51. The minimum Gasteiger partial charge on any atom is -0.495 e. The number of benzene rings is 2. The number of methoxy groups -OCH3 is 2. The number of ether oxygens (including phenoxy) is 2. The number of hydrogen-bond acceptors (Lipinski definition) is 6. The zero-order valence-electron chi connectivity index (χ0n) is 18.6. The summed E-state index contributed by atoms with van der Waals surface area (Å²) in [5.41, 5.74) is 4.13. The molecule has 0 spiro atoms. The molecule has 7 nitrogen and oxygen atoms in total. The number of nitrogens with zero attached hydrogens (tertiary/aromatic N) is 4. The highest BCUT2D eigenvalue weighted by molar-refractivity contribution is 5.97. The molecule has 4 aromatic rings. The lowest BCUT2D eigenvalue weighted by molar-refractivity contribution is -0.0334. The van der Waals surface area contributed by atoms with Crippen LogP contribution in [0.4, 0.5) is 11.5 Å². The summed E-state index contributed by atoms with van der Waals surface area (Å²) in [7, 11) is 5.39. The number of nitrogens with one attached hydrogen (secondary N) is 1. The number of rotatable bonds is 7. The quantitative estimate of drug-likeness (QED) is 0.475. The van der Waals surface area contributed by atoms with E-state index < -0.39 is 0 Å². The number of likely N-dealkylation sites (tertiary alicyclic amines) is 1. The molecule has 0 aliphatic carbocycles. The van der Waals surface area contributed by atoms with E-state index in [4.69, 9.17) is 9.47 Å². The molecule has 1 fully saturated rings. The van der Waals surface area contributed by atoms with Crippen LogP contribution < -0.4 is 10.1 Å². The molecule has 7 heteroatoms. The zero-order chi connectivity index (χ0) is 22.1. The number of aromatic nitrogens is 3. The fraction of sp³-hybridized carbons (Fsp3) is 0.280. The summed E-state index contributed by atoms with van der Waals surface area (Å²) < 4.78 is 12.9. The van der Waals surface area contributed by atoms with Crippen LogP contribution in [0.2, 0.25) is 0 Å². The molecule has 0 amide bonds. The molecule has 2 aromatic heterocycles. The molecule has 0 radical (unpaired) electrons. The molecule has 0 bridgehead atoms. The van der Waals surface area contributed by atoms with E-state index in [0.717, 1.165) is 58.9 Å². The van der Waals surface area contributed by atoms with Crippen molar-refractivity contribution in [1.29, 1.82) is 0 Å². The third-order valence-electron chi connectivity index (χ3n) is 5.95. The van der Waals surface area contributed by atoms with Crippen molar-refractivity contribution in [3.05, 3.63) is 66.5 Å². The van der Waals surface area contributed by atoms with Crippen LogP contribution in [0.5, 0.6) is 5.75 Å². The second-order valence-electron chi connectivity index (χ2n) is 8.18. The zero-order valence-corrected chi connectivity index (χ0v) is 18.6. The van der Waals surface area contributed by atoms with Crippen LogP contribution in [0.1, 0.15) is 5.56 Å². The lowest BCUT2D eigenvalue weighted by Crippen LogP contribution is -2.50. The van der Waals surface area contributed by atoms with Gasteiger partial charge in [0.25, 0.3) is 0 Å². The van der Waals surface area contributed by atoms with Gasteiger partial charge in [0.05, 0.1) is 24.6 Å². The summed E-state index contributed by atoms with van der Waals surface area (Å²) in [6.45, 7) is 2.83. The van der Waals surface area contributed by atoms with Crippen LogP contribution >= 0.6 is 0 Å². The first-order valence-electron chi connectivity index (χ1n) is 10.7. The standard InChI is InChI=1S/C25H27N5O2/c1-29-10-9-22(28-29)20-6-4-5-18-13-26-25(12-21(18)20)27-23-8-7-17(11-24(23)32-3)14-30-15-19(16-30)31-2/h4-13,19H,14-16H2,1-3H3,(H,26,27). The highest BCUT2D eigenvalue weighted by Crippen LogP contribution is 2.32. The van der Waals surface area contributed by atoms with E-state index in [9.17, 15) is 0 Å². The Bertz CT molecular complexity index is 1250. The SMILES string of the molecule is COc1cc(CN2CC(OC)C2)ccc1Nc1cc2c(-c3ccn(C)n3)cccc2cn1. The van der Waals surface area contributed by atoms with Crippen LogP contribution in [0.15, 0.2) is 60.9 Å². The van der Waals surface area contributed by atoms with Gasteiger partial charge in [0.1, 0.15) is 11.6 Å². The Morgan fingerprint density at radius 2 is 1.97 bits per heavy atom. The monoisotopic (exact) mass is 429 g/mol. The first kappa shape index (κ1) is 20.5. The second-order valence-corrected chi connectivity index (χ2v) is 8.18. The molecule has 0 atom stereocenters. The minimum absolute atomic E-state index is 0.354. The molecule has 32 heavy (non-hydrogen) atoms. The van der Waals surface area contributed by atoms with Crippen molar-refractivity contribution < 1.29 is 9.47 Å². The lowest BCUT2D eigenvalue weighted by Gasteiger charge is -2.38. The molecule has 1 N–H and O–H groups in total. The Labute approximate surface area is 187 Å². The summed E-state index contributed by atoms with van der Waals surface area (Å²) in [6, 6.07) is 16.6. The average Bonchev–Trinajstić information content (AvgIpc) is 3.22. The molecule has 0 unspecified atom stereocenters. The van der Waals surface area contributed by atoms with Crippen molar-refractivity contribution in [2.45, 2.75) is 12.6 Å².